The number of nitrogens with one attached hydrogen (secondary N) is 1. The third kappa shape index (κ3) is 2.66. The molecule has 1 saturated carbocycles. The molecule has 2 aromatic carbocycles. The van der Waals surface area contributed by atoms with Crippen molar-refractivity contribution >= 4 is 16.5 Å². The van der Waals surface area contributed by atoms with E-state index in [0.29, 0.717) is 6.04 Å². The Labute approximate surface area is 109 Å². The molecule has 94 valence electrons. The minimum Gasteiger partial charge on any atom is -0.382 e. The van der Waals surface area contributed by atoms with Crippen LogP contribution in [0, 0.1) is 5.92 Å². The average Bonchev–Trinajstić information content (AvgIpc) is 3.22. The summed E-state index contributed by atoms with van der Waals surface area (Å²) in [6.45, 7) is 2.28. The van der Waals surface area contributed by atoms with E-state index >= 15 is 0 Å². The Morgan fingerprint density at radius 3 is 2.61 bits per heavy atom. The Kier molecular flexibility index (Phi) is 3.22. The van der Waals surface area contributed by atoms with E-state index in [9.17, 15) is 0 Å². The van der Waals surface area contributed by atoms with Crippen molar-refractivity contribution in [2.45, 2.75) is 38.6 Å². The van der Waals surface area contributed by atoms with Crippen LogP contribution in [0.4, 0.5) is 5.69 Å². The van der Waals surface area contributed by atoms with Crippen molar-refractivity contribution in [1.82, 2.24) is 0 Å². The van der Waals surface area contributed by atoms with E-state index in [0.717, 1.165) is 5.92 Å². The lowest BCUT2D eigenvalue weighted by Gasteiger charge is -2.18. The molecule has 1 aliphatic rings. The second-order valence-electron chi connectivity index (χ2n) is 5.49. The Morgan fingerprint density at radius 1 is 1.11 bits per heavy atom. The van der Waals surface area contributed by atoms with Gasteiger partial charge in [-0.05, 0) is 41.7 Å². The zero-order chi connectivity index (χ0) is 12.4. The molecule has 0 heterocycles. The molecule has 3 rings (SSSR count). The third-order valence-electron chi connectivity index (χ3n) is 3.93. The molecule has 2 aromatic rings. The number of benzene rings is 2. The molecule has 18 heavy (non-hydrogen) atoms. The summed E-state index contributed by atoms with van der Waals surface area (Å²) < 4.78 is 0. The van der Waals surface area contributed by atoms with Crippen molar-refractivity contribution in [3.05, 3.63) is 42.5 Å². The van der Waals surface area contributed by atoms with Crippen LogP contribution >= 0.6 is 0 Å². The first-order valence-corrected chi connectivity index (χ1v) is 7.10. The standard InChI is InChI=1S/C17H21N/c1-2-16(11-13-7-8-13)18-17-10-9-14-5-3-4-6-15(14)12-17/h3-6,9-10,12-13,16,18H,2,7-8,11H2,1H3. The molecule has 0 radical (unpaired) electrons. The van der Waals surface area contributed by atoms with E-state index in [1.54, 1.807) is 0 Å². The zero-order valence-electron chi connectivity index (χ0n) is 11.0. The first-order chi connectivity index (χ1) is 8.85. The van der Waals surface area contributed by atoms with Gasteiger partial charge in [0.1, 0.15) is 0 Å². The molecule has 0 spiro atoms. The summed E-state index contributed by atoms with van der Waals surface area (Å²) in [5.74, 6) is 0.989. The monoisotopic (exact) mass is 239 g/mol. The largest absolute Gasteiger partial charge is 0.382 e. The van der Waals surface area contributed by atoms with Gasteiger partial charge in [0.05, 0.1) is 0 Å². The number of fused-ring (bicyclic) bond motifs is 1. The molecule has 1 heteroatoms. The topological polar surface area (TPSA) is 12.0 Å². The molecule has 0 bridgehead atoms. The van der Waals surface area contributed by atoms with E-state index in [2.05, 4.69) is 54.7 Å². The van der Waals surface area contributed by atoms with Crippen molar-refractivity contribution in [2.24, 2.45) is 5.92 Å². The fraction of sp³-hybridized carbons (Fsp3) is 0.412. The van der Waals surface area contributed by atoms with Crippen molar-refractivity contribution in [2.75, 3.05) is 5.32 Å². The maximum absolute atomic E-state index is 3.69. The molecule has 1 N–H and O–H groups in total. The van der Waals surface area contributed by atoms with Crippen LogP contribution in [0.1, 0.15) is 32.6 Å². The molecule has 0 aliphatic heterocycles. The highest BCUT2D eigenvalue weighted by atomic mass is 14.9. The summed E-state index contributed by atoms with van der Waals surface area (Å²) in [6.07, 6.45) is 5.43. The lowest BCUT2D eigenvalue weighted by molar-refractivity contribution is 0.587. The SMILES string of the molecule is CCC(CC1CC1)Nc1ccc2ccccc2c1. The minimum absolute atomic E-state index is 0.638. The molecular formula is C17H21N. The van der Waals surface area contributed by atoms with Crippen LogP contribution in [0.15, 0.2) is 42.5 Å². The number of hydrogen-bond donors (Lipinski definition) is 1. The summed E-state index contributed by atoms with van der Waals surface area (Å²) in [7, 11) is 0. The maximum atomic E-state index is 3.69. The van der Waals surface area contributed by atoms with Crippen molar-refractivity contribution in [1.29, 1.82) is 0 Å². The molecule has 1 atom stereocenters. The Bertz CT molecular complexity index is 528. The first kappa shape index (κ1) is 11.6. The maximum Gasteiger partial charge on any atom is 0.0348 e. The van der Waals surface area contributed by atoms with Crippen molar-refractivity contribution < 1.29 is 0 Å². The molecule has 0 aromatic heterocycles. The zero-order valence-corrected chi connectivity index (χ0v) is 11.0. The van der Waals surface area contributed by atoms with Crippen molar-refractivity contribution in [3.8, 4) is 0 Å². The highest BCUT2D eigenvalue weighted by molar-refractivity contribution is 5.85. The predicted octanol–water partition coefficient (Wildman–Crippen LogP) is 4.83. The van der Waals surface area contributed by atoms with Gasteiger partial charge < -0.3 is 5.32 Å². The van der Waals surface area contributed by atoms with Crippen LogP contribution in [0.25, 0.3) is 10.8 Å². The highest BCUT2D eigenvalue weighted by Crippen LogP contribution is 2.35. The lowest BCUT2D eigenvalue weighted by Crippen LogP contribution is -2.18. The minimum atomic E-state index is 0.638. The third-order valence-corrected chi connectivity index (χ3v) is 3.93. The van der Waals surface area contributed by atoms with Crippen LogP contribution in [0.5, 0.6) is 0 Å². The Morgan fingerprint density at radius 2 is 1.89 bits per heavy atom. The van der Waals surface area contributed by atoms with E-state index in [-0.39, 0.29) is 0 Å². The van der Waals surface area contributed by atoms with E-state index in [1.165, 1.54) is 42.1 Å². The van der Waals surface area contributed by atoms with E-state index in [4.69, 9.17) is 0 Å². The second-order valence-corrected chi connectivity index (χ2v) is 5.49. The van der Waals surface area contributed by atoms with Crippen LogP contribution in [0.3, 0.4) is 0 Å². The van der Waals surface area contributed by atoms with Crippen LogP contribution < -0.4 is 5.32 Å². The van der Waals surface area contributed by atoms with Crippen LogP contribution in [-0.2, 0) is 0 Å². The number of hydrogen-bond acceptors (Lipinski definition) is 1. The van der Waals surface area contributed by atoms with Gasteiger partial charge in [-0.1, -0.05) is 50.1 Å². The molecule has 1 fully saturated rings. The van der Waals surface area contributed by atoms with E-state index < -0.39 is 0 Å². The van der Waals surface area contributed by atoms with Crippen molar-refractivity contribution in [3.63, 3.8) is 0 Å². The second kappa shape index (κ2) is 5.01. The molecule has 1 unspecified atom stereocenters. The Balaban J connectivity index is 1.76. The van der Waals surface area contributed by atoms with Crippen LogP contribution in [-0.4, -0.2) is 6.04 Å². The number of anilines is 1. The van der Waals surface area contributed by atoms with Gasteiger partial charge in [0.15, 0.2) is 0 Å². The van der Waals surface area contributed by atoms with Gasteiger partial charge >= 0.3 is 0 Å². The van der Waals surface area contributed by atoms with Crippen LogP contribution in [0.2, 0.25) is 0 Å². The molecular weight excluding hydrogens is 218 g/mol. The summed E-state index contributed by atoms with van der Waals surface area (Å²) >= 11 is 0. The average molecular weight is 239 g/mol. The van der Waals surface area contributed by atoms with Gasteiger partial charge in [-0.25, -0.2) is 0 Å². The number of rotatable bonds is 5. The fourth-order valence-electron chi connectivity index (χ4n) is 2.60. The smallest absolute Gasteiger partial charge is 0.0348 e. The van der Waals surface area contributed by atoms with Gasteiger partial charge in [0, 0.05) is 11.7 Å². The molecule has 0 saturated heterocycles. The normalized spacial score (nSPS) is 16.7. The summed E-state index contributed by atoms with van der Waals surface area (Å²) in [5.41, 5.74) is 1.27. The van der Waals surface area contributed by atoms with Gasteiger partial charge in [-0.2, -0.15) is 0 Å². The Hall–Kier alpha value is -1.50. The van der Waals surface area contributed by atoms with E-state index in [1.807, 2.05) is 0 Å². The molecule has 0 amide bonds. The summed E-state index contributed by atoms with van der Waals surface area (Å²) in [6, 6.07) is 15.9. The lowest BCUT2D eigenvalue weighted by atomic mass is 10.1. The predicted molar refractivity (Wildman–Crippen MR) is 79.0 cm³/mol. The fourth-order valence-corrected chi connectivity index (χ4v) is 2.60. The van der Waals surface area contributed by atoms with Gasteiger partial charge in [-0.15, -0.1) is 0 Å². The molecule has 1 aliphatic carbocycles. The van der Waals surface area contributed by atoms with Gasteiger partial charge in [0.25, 0.3) is 0 Å². The highest BCUT2D eigenvalue weighted by Gasteiger charge is 2.24. The molecule has 1 nitrogen and oxygen atoms in total. The first-order valence-electron chi connectivity index (χ1n) is 7.10. The summed E-state index contributed by atoms with van der Waals surface area (Å²) in [4.78, 5) is 0. The van der Waals surface area contributed by atoms with Gasteiger partial charge in [0.2, 0.25) is 0 Å². The van der Waals surface area contributed by atoms with Gasteiger partial charge in [-0.3, -0.25) is 0 Å². The summed E-state index contributed by atoms with van der Waals surface area (Å²) in [5, 5.41) is 6.33. The quantitative estimate of drug-likeness (QED) is 0.788.